The van der Waals surface area contributed by atoms with Gasteiger partial charge in [0.25, 0.3) is 0 Å². The molecule has 2 rings (SSSR count). The number of nitrogens with one attached hydrogen (secondary N) is 1. The molecule has 0 aromatic rings. The van der Waals surface area contributed by atoms with Crippen molar-refractivity contribution in [3.63, 3.8) is 0 Å². The third-order valence-corrected chi connectivity index (χ3v) is 6.37. The van der Waals surface area contributed by atoms with E-state index in [0.29, 0.717) is 17.9 Å². The fourth-order valence-electron chi connectivity index (χ4n) is 4.30. The SMILES string of the molecule is C=C1C[C@@H](CC(=O)O)O[C@H](/C=C/C(C)=C/C[C@@H]2O[C@H](C)[C@H](NC(=O)/C=C\C(C)C)C[C@@H]2C)[C@H]1O. The van der Waals surface area contributed by atoms with Gasteiger partial charge < -0.3 is 25.0 Å². The molecule has 2 heterocycles. The first-order valence-corrected chi connectivity index (χ1v) is 12.2. The number of aliphatic carboxylic acids is 1. The highest BCUT2D eigenvalue weighted by atomic mass is 16.5. The van der Waals surface area contributed by atoms with Crippen LogP contribution in [-0.2, 0) is 19.1 Å². The van der Waals surface area contributed by atoms with Gasteiger partial charge in [-0.3, -0.25) is 9.59 Å². The van der Waals surface area contributed by atoms with Gasteiger partial charge in [-0.05, 0) is 56.6 Å². The van der Waals surface area contributed by atoms with Crippen molar-refractivity contribution in [2.75, 3.05) is 0 Å². The summed E-state index contributed by atoms with van der Waals surface area (Å²) >= 11 is 0. The summed E-state index contributed by atoms with van der Waals surface area (Å²) in [5, 5.41) is 22.4. The van der Waals surface area contributed by atoms with E-state index in [0.717, 1.165) is 18.4 Å². The fraction of sp³-hybridized carbons (Fsp3) is 0.630. The third kappa shape index (κ3) is 8.85. The van der Waals surface area contributed by atoms with Crippen LogP contribution in [0.1, 0.15) is 60.3 Å². The Kier molecular flexibility index (Phi) is 10.7. The summed E-state index contributed by atoms with van der Waals surface area (Å²) in [5.41, 5.74) is 1.59. The molecule has 0 bridgehead atoms. The molecule has 7 atom stereocenters. The highest BCUT2D eigenvalue weighted by Crippen LogP contribution is 2.29. The predicted octanol–water partition coefficient (Wildman–Crippen LogP) is 3.94. The van der Waals surface area contributed by atoms with Gasteiger partial charge in [0.05, 0.1) is 30.8 Å². The van der Waals surface area contributed by atoms with Gasteiger partial charge in [0, 0.05) is 0 Å². The Morgan fingerprint density at radius 1 is 1.24 bits per heavy atom. The molecule has 0 saturated carbocycles. The molecule has 2 aliphatic rings. The average Bonchev–Trinajstić information content (AvgIpc) is 2.74. The Bertz CT molecular complexity index is 814. The van der Waals surface area contributed by atoms with Crippen LogP contribution in [0.2, 0.25) is 0 Å². The Balaban J connectivity index is 1.90. The standard InChI is InChI=1S/C27H41NO6/c1-16(2)7-12-25(29)28-22-14-18(4)23(33-20(22)6)10-8-17(3)9-11-24-27(32)19(5)13-21(34-24)15-26(30)31/h7-9,11-12,16,18,20-24,27,32H,5,10,13-15H2,1-4,6H3,(H,28,29)(H,30,31)/b11-9+,12-7-,17-8+/t18-,20+,21-,22+,23-,24+,27-/m0/s1. The van der Waals surface area contributed by atoms with E-state index >= 15 is 0 Å². The number of allylic oxidation sites excluding steroid dienone is 3. The lowest BCUT2D eigenvalue weighted by molar-refractivity contribution is -0.143. The smallest absolute Gasteiger partial charge is 0.305 e. The lowest BCUT2D eigenvalue weighted by atomic mass is 9.88. The van der Waals surface area contributed by atoms with Crippen molar-refractivity contribution in [2.45, 2.75) is 96.9 Å². The Labute approximate surface area is 203 Å². The van der Waals surface area contributed by atoms with Gasteiger partial charge in [-0.1, -0.05) is 57.2 Å². The molecule has 34 heavy (non-hydrogen) atoms. The number of aliphatic hydroxyl groups excluding tert-OH is 1. The van der Waals surface area contributed by atoms with Crippen LogP contribution in [0.4, 0.5) is 0 Å². The van der Waals surface area contributed by atoms with Crippen LogP contribution in [0.25, 0.3) is 0 Å². The lowest BCUT2D eigenvalue weighted by Crippen LogP contribution is -2.50. The normalized spacial score (nSPS) is 33.1. The summed E-state index contributed by atoms with van der Waals surface area (Å²) in [6, 6.07) is -0.0164. The molecule has 7 heteroatoms. The molecule has 0 radical (unpaired) electrons. The number of amides is 1. The summed E-state index contributed by atoms with van der Waals surface area (Å²) in [6.07, 6.45) is 9.05. The van der Waals surface area contributed by atoms with Crippen LogP contribution >= 0.6 is 0 Å². The molecule has 2 fully saturated rings. The average molecular weight is 476 g/mol. The first kappa shape index (κ1) is 28.0. The van der Waals surface area contributed by atoms with E-state index in [-0.39, 0.29) is 36.5 Å². The number of rotatable bonds is 9. The third-order valence-electron chi connectivity index (χ3n) is 6.37. The Morgan fingerprint density at radius 3 is 2.59 bits per heavy atom. The number of aliphatic hydroxyl groups is 1. The number of carbonyl (C=O) groups is 2. The number of carbonyl (C=O) groups excluding carboxylic acids is 1. The maximum Gasteiger partial charge on any atom is 0.305 e. The van der Waals surface area contributed by atoms with E-state index < -0.39 is 24.3 Å². The molecular weight excluding hydrogens is 434 g/mol. The predicted molar refractivity (Wildman–Crippen MR) is 132 cm³/mol. The van der Waals surface area contributed by atoms with Crippen LogP contribution in [0.3, 0.4) is 0 Å². The maximum atomic E-state index is 12.2. The lowest BCUT2D eigenvalue weighted by Gasteiger charge is -2.39. The largest absolute Gasteiger partial charge is 0.481 e. The summed E-state index contributed by atoms with van der Waals surface area (Å²) in [5.74, 6) is -0.401. The zero-order valence-corrected chi connectivity index (χ0v) is 21.1. The quantitative estimate of drug-likeness (QED) is 0.265. The molecule has 0 aromatic carbocycles. The van der Waals surface area contributed by atoms with Gasteiger partial charge in [0.2, 0.25) is 5.91 Å². The minimum atomic E-state index is -0.933. The van der Waals surface area contributed by atoms with E-state index in [1.807, 2.05) is 39.8 Å². The molecule has 0 unspecified atom stereocenters. The van der Waals surface area contributed by atoms with E-state index in [1.165, 1.54) is 0 Å². The molecule has 0 aliphatic carbocycles. The van der Waals surface area contributed by atoms with E-state index in [2.05, 4.69) is 24.9 Å². The maximum absolute atomic E-state index is 12.2. The minimum Gasteiger partial charge on any atom is -0.481 e. The zero-order chi connectivity index (χ0) is 25.4. The number of hydrogen-bond donors (Lipinski definition) is 3. The van der Waals surface area contributed by atoms with Crippen molar-refractivity contribution in [2.24, 2.45) is 11.8 Å². The van der Waals surface area contributed by atoms with Crippen molar-refractivity contribution in [3.8, 4) is 0 Å². The topological polar surface area (TPSA) is 105 Å². The van der Waals surface area contributed by atoms with Crippen LogP contribution in [-0.4, -0.2) is 58.7 Å². The monoisotopic (exact) mass is 475 g/mol. The molecule has 0 spiro atoms. The number of ether oxygens (including phenoxy) is 2. The molecule has 7 nitrogen and oxygen atoms in total. The zero-order valence-electron chi connectivity index (χ0n) is 21.1. The van der Waals surface area contributed by atoms with Crippen LogP contribution in [0.5, 0.6) is 0 Å². The Hall–Kier alpha value is -2.22. The summed E-state index contributed by atoms with van der Waals surface area (Å²) < 4.78 is 12.0. The molecule has 1 amide bonds. The van der Waals surface area contributed by atoms with Gasteiger partial charge in [-0.25, -0.2) is 0 Å². The second-order valence-electron chi connectivity index (χ2n) is 9.98. The second kappa shape index (κ2) is 13.0. The van der Waals surface area contributed by atoms with E-state index in [1.54, 1.807) is 12.2 Å². The van der Waals surface area contributed by atoms with Gasteiger partial charge in [0.15, 0.2) is 0 Å². The molecule has 3 N–H and O–H groups in total. The Morgan fingerprint density at radius 2 is 1.94 bits per heavy atom. The molecular formula is C27H41NO6. The molecule has 0 aromatic heterocycles. The van der Waals surface area contributed by atoms with Crippen molar-refractivity contribution >= 4 is 11.9 Å². The summed E-state index contributed by atoms with van der Waals surface area (Å²) in [4.78, 5) is 23.2. The van der Waals surface area contributed by atoms with Gasteiger partial charge in [-0.15, -0.1) is 0 Å². The minimum absolute atomic E-state index is 0.0164. The first-order valence-electron chi connectivity index (χ1n) is 12.2. The van der Waals surface area contributed by atoms with Gasteiger partial charge in [-0.2, -0.15) is 0 Å². The molecule has 2 saturated heterocycles. The second-order valence-corrected chi connectivity index (χ2v) is 9.98. The number of carboxylic acids is 1. The summed E-state index contributed by atoms with van der Waals surface area (Å²) in [7, 11) is 0. The van der Waals surface area contributed by atoms with Crippen molar-refractivity contribution in [1.82, 2.24) is 5.32 Å². The van der Waals surface area contributed by atoms with E-state index in [4.69, 9.17) is 14.6 Å². The van der Waals surface area contributed by atoms with Crippen molar-refractivity contribution in [3.05, 3.63) is 48.1 Å². The summed E-state index contributed by atoms with van der Waals surface area (Å²) in [6.45, 7) is 14.0. The van der Waals surface area contributed by atoms with Crippen LogP contribution in [0, 0.1) is 11.8 Å². The molecule has 2 aliphatic heterocycles. The van der Waals surface area contributed by atoms with Gasteiger partial charge >= 0.3 is 5.97 Å². The van der Waals surface area contributed by atoms with Crippen LogP contribution < -0.4 is 5.32 Å². The number of hydrogen-bond acceptors (Lipinski definition) is 5. The van der Waals surface area contributed by atoms with Crippen molar-refractivity contribution < 1.29 is 29.3 Å². The highest BCUT2D eigenvalue weighted by molar-refractivity contribution is 5.87. The van der Waals surface area contributed by atoms with Crippen LogP contribution in [0.15, 0.2) is 48.1 Å². The first-order chi connectivity index (χ1) is 16.0. The van der Waals surface area contributed by atoms with Gasteiger partial charge in [0.1, 0.15) is 12.2 Å². The highest BCUT2D eigenvalue weighted by Gasteiger charge is 2.34. The molecule has 190 valence electrons. The number of carboxylic acid groups (broad SMARTS) is 1. The van der Waals surface area contributed by atoms with Crippen molar-refractivity contribution in [1.29, 1.82) is 0 Å². The van der Waals surface area contributed by atoms with E-state index in [9.17, 15) is 14.7 Å². The fourth-order valence-corrected chi connectivity index (χ4v) is 4.30.